The molecule has 212 valence electrons. The van der Waals surface area contributed by atoms with Crippen LogP contribution in [0.5, 0.6) is 0 Å². The lowest BCUT2D eigenvalue weighted by atomic mass is 9.83. The smallest absolute Gasteiger partial charge is 0.257 e. The molecule has 0 spiro atoms. The molecule has 1 heterocycles. The predicted molar refractivity (Wildman–Crippen MR) is 161 cm³/mol. The van der Waals surface area contributed by atoms with Gasteiger partial charge in [0.15, 0.2) is 0 Å². The topological polar surface area (TPSA) is 52.7 Å². The Morgan fingerprint density at radius 2 is 1.70 bits per heavy atom. The van der Waals surface area contributed by atoms with Gasteiger partial charge in [0, 0.05) is 31.0 Å². The molecule has 4 rings (SSSR count). The second kappa shape index (κ2) is 12.2. The Morgan fingerprint density at radius 1 is 1.00 bits per heavy atom. The predicted octanol–water partition coefficient (Wildman–Crippen LogP) is 7.51. The van der Waals surface area contributed by atoms with Crippen molar-refractivity contribution in [1.82, 2.24) is 4.90 Å². The first kappa shape index (κ1) is 29.3. The van der Waals surface area contributed by atoms with Crippen LogP contribution < -0.4 is 10.2 Å². The van der Waals surface area contributed by atoms with E-state index in [-0.39, 0.29) is 22.8 Å². The van der Waals surface area contributed by atoms with E-state index in [4.69, 9.17) is 0 Å². The van der Waals surface area contributed by atoms with Crippen molar-refractivity contribution in [2.75, 3.05) is 29.9 Å². The van der Waals surface area contributed by atoms with Gasteiger partial charge in [-0.15, -0.1) is 0 Å². The van der Waals surface area contributed by atoms with Gasteiger partial charge in [0.25, 0.3) is 5.91 Å². The van der Waals surface area contributed by atoms with Gasteiger partial charge in [-0.1, -0.05) is 57.2 Å². The van der Waals surface area contributed by atoms with Crippen LogP contribution in [-0.4, -0.2) is 36.3 Å². The molecule has 1 aliphatic heterocycles. The number of rotatable bonds is 7. The van der Waals surface area contributed by atoms with Crippen LogP contribution in [0.25, 0.3) is 0 Å². The van der Waals surface area contributed by atoms with Gasteiger partial charge in [-0.3, -0.25) is 9.59 Å². The average Bonchev–Trinajstić information content (AvgIpc) is 2.93. The molecule has 0 saturated carbocycles. The van der Waals surface area contributed by atoms with Crippen LogP contribution in [0.3, 0.4) is 0 Å². The Labute approximate surface area is 238 Å². The maximum absolute atomic E-state index is 15.0. The van der Waals surface area contributed by atoms with Gasteiger partial charge in [-0.05, 0) is 86.1 Å². The Hall–Kier alpha value is -3.67. The number of hydrogen-bond acceptors (Lipinski definition) is 3. The number of aryl methyl sites for hydroxylation is 1. The number of piperidine rings is 1. The van der Waals surface area contributed by atoms with Crippen molar-refractivity contribution in [2.45, 2.75) is 65.8 Å². The molecule has 2 amide bonds. The molecule has 5 nitrogen and oxygen atoms in total. The molecule has 2 atom stereocenters. The first-order valence-electron chi connectivity index (χ1n) is 14.4. The summed E-state index contributed by atoms with van der Waals surface area (Å²) >= 11 is 0. The summed E-state index contributed by atoms with van der Waals surface area (Å²) < 4.78 is 15.0. The lowest BCUT2D eigenvalue weighted by molar-refractivity contribution is -0.123. The molecule has 1 saturated heterocycles. The number of anilines is 2. The number of nitrogens with zero attached hydrogens (tertiary/aromatic N) is 2. The average molecular weight is 544 g/mol. The third-order valence-corrected chi connectivity index (χ3v) is 8.00. The van der Waals surface area contributed by atoms with E-state index in [1.165, 1.54) is 6.07 Å². The second-order valence-electron chi connectivity index (χ2n) is 11.7. The minimum Gasteiger partial charge on any atom is -0.372 e. The van der Waals surface area contributed by atoms with E-state index in [1.54, 1.807) is 24.0 Å². The highest BCUT2D eigenvalue weighted by Crippen LogP contribution is 2.39. The molecule has 0 radical (unpaired) electrons. The molecule has 0 aliphatic carbocycles. The van der Waals surface area contributed by atoms with Crippen LogP contribution in [0.2, 0.25) is 0 Å². The standard InChI is InChI=1S/C34H42FN3O2/c1-7-37(8-2)27-17-10-14-24(21-27)31-28(32(39)36-26-16-11-15-25(22-26)34(4,5)6)18-12-20-38(31)33(40)30-23(3)13-9-19-29(30)35/h9-11,13-17,19,21-22,28,31H,7-8,12,18,20H2,1-6H3,(H,36,39)/t28?,31-/m0/s1. The van der Waals surface area contributed by atoms with Gasteiger partial charge in [0.05, 0.1) is 17.5 Å². The number of amides is 2. The molecule has 1 unspecified atom stereocenters. The maximum atomic E-state index is 15.0. The number of benzene rings is 3. The van der Waals surface area contributed by atoms with Crippen molar-refractivity contribution in [3.8, 4) is 0 Å². The monoisotopic (exact) mass is 543 g/mol. The summed E-state index contributed by atoms with van der Waals surface area (Å²) in [4.78, 5) is 31.9. The highest BCUT2D eigenvalue weighted by atomic mass is 19.1. The van der Waals surface area contributed by atoms with Crippen LogP contribution >= 0.6 is 0 Å². The molecule has 0 aromatic heterocycles. The summed E-state index contributed by atoms with van der Waals surface area (Å²) in [5, 5.41) is 3.14. The quantitative estimate of drug-likeness (QED) is 0.336. The summed E-state index contributed by atoms with van der Waals surface area (Å²) in [5.74, 6) is -1.53. The zero-order chi connectivity index (χ0) is 29.0. The number of likely N-dealkylation sites (tertiary alicyclic amines) is 1. The molecule has 1 N–H and O–H groups in total. The third-order valence-electron chi connectivity index (χ3n) is 8.00. The van der Waals surface area contributed by atoms with Crippen LogP contribution in [0, 0.1) is 18.7 Å². The molecular weight excluding hydrogens is 501 g/mol. The van der Waals surface area contributed by atoms with Gasteiger partial charge in [0.2, 0.25) is 5.91 Å². The summed E-state index contributed by atoms with van der Waals surface area (Å²) in [7, 11) is 0. The summed E-state index contributed by atoms with van der Waals surface area (Å²) in [6.45, 7) is 14.5. The summed E-state index contributed by atoms with van der Waals surface area (Å²) in [6, 6.07) is 20.2. The molecule has 40 heavy (non-hydrogen) atoms. The second-order valence-corrected chi connectivity index (χ2v) is 11.7. The normalized spacial score (nSPS) is 17.4. The fourth-order valence-electron chi connectivity index (χ4n) is 5.75. The van der Waals surface area contributed by atoms with E-state index in [1.807, 2.05) is 30.3 Å². The fraction of sp³-hybridized carbons (Fsp3) is 0.412. The highest BCUT2D eigenvalue weighted by molar-refractivity contribution is 5.98. The first-order valence-corrected chi connectivity index (χ1v) is 14.4. The van der Waals surface area contributed by atoms with Crippen molar-refractivity contribution in [2.24, 2.45) is 5.92 Å². The SMILES string of the molecule is CCN(CC)c1cccc([C@H]2C(C(=O)Nc3cccc(C(C)(C)C)c3)CCCN2C(=O)c2c(C)cccc2F)c1. The van der Waals surface area contributed by atoms with E-state index < -0.39 is 17.8 Å². The molecule has 6 heteroatoms. The van der Waals surface area contributed by atoms with E-state index >= 15 is 0 Å². The van der Waals surface area contributed by atoms with Crippen LogP contribution in [0.15, 0.2) is 66.7 Å². The molecule has 3 aromatic rings. The van der Waals surface area contributed by atoms with E-state index in [0.29, 0.717) is 24.9 Å². The van der Waals surface area contributed by atoms with Crippen molar-refractivity contribution in [1.29, 1.82) is 0 Å². The van der Waals surface area contributed by atoms with Crippen LogP contribution in [0.1, 0.15) is 80.6 Å². The van der Waals surface area contributed by atoms with Crippen LogP contribution in [0.4, 0.5) is 15.8 Å². The molecule has 3 aromatic carbocycles. The third kappa shape index (κ3) is 6.22. The van der Waals surface area contributed by atoms with E-state index in [2.05, 4.69) is 63.0 Å². The Kier molecular flexibility index (Phi) is 8.97. The summed E-state index contributed by atoms with van der Waals surface area (Å²) in [5.41, 5.74) is 4.40. The van der Waals surface area contributed by atoms with Crippen molar-refractivity contribution < 1.29 is 14.0 Å². The van der Waals surface area contributed by atoms with Crippen molar-refractivity contribution >= 4 is 23.2 Å². The fourth-order valence-corrected chi connectivity index (χ4v) is 5.75. The van der Waals surface area contributed by atoms with Crippen LogP contribution in [-0.2, 0) is 10.2 Å². The number of carbonyl (C=O) groups excluding carboxylic acids is 2. The lowest BCUT2D eigenvalue weighted by Gasteiger charge is -2.41. The lowest BCUT2D eigenvalue weighted by Crippen LogP contribution is -2.46. The molecular formula is C34H42FN3O2. The van der Waals surface area contributed by atoms with Crippen molar-refractivity contribution in [3.63, 3.8) is 0 Å². The van der Waals surface area contributed by atoms with Gasteiger partial charge >= 0.3 is 0 Å². The Balaban J connectivity index is 1.76. The number of hydrogen-bond donors (Lipinski definition) is 1. The Morgan fingerprint density at radius 3 is 2.38 bits per heavy atom. The molecule has 0 bridgehead atoms. The zero-order valence-corrected chi connectivity index (χ0v) is 24.6. The number of nitrogens with one attached hydrogen (secondary N) is 1. The van der Waals surface area contributed by atoms with E-state index in [0.717, 1.165) is 35.6 Å². The van der Waals surface area contributed by atoms with Gasteiger partial charge in [-0.25, -0.2) is 4.39 Å². The maximum Gasteiger partial charge on any atom is 0.257 e. The zero-order valence-electron chi connectivity index (χ0n) is 24.6. The van der Waals surface area contributed by atoms with Gasteiger partial charge in [-0.2, -0.15) is 0 Å². The minimum atomic E-state index is -0.536. The van der Waals surface area contributed by atoms with Gasteiger partial charge < -0.3 is 15.1 Å². The minimum absolute atomic E-state index is 0.0557. The number of carbonyl (C=O) groups is 2. The van der Waals surface area contributed by atoms with Crippen molar-refractivity contribution in [3.05, 3.63) is 94.8 Å². The highest BCUT2D eigenvalue weighted by Gasteiger charge is 2.40. The Bertz CT molecular complexity index is 1340. The largest absolute Gasteiger partial charge is 0.372 e. The first-order chi connectivity index (χ1) is 19.0. The summed E-state index contributed by atoms with van der Waals surface area (Å²) in [6.07, 6.45) is 1.29. The number of halogens is 1. The van der Waals surface area contributed by atoms with Gasteiger partial charge in [0.1, 0.15) is 5.82 Å². The molecule has 1 fully saturated rings. The van der Waals surface area contributed by atoms with E-state index in [9.17, 15) is 14.0 Å². The molecule has 1 aliphatic rings.